The van der Waals surface area contributed by atoms with Crippen LogP contribution >= 0.6 is 7.82 Å². The quantitative estimate of drug-likeness (QED) is 0.0243. The van der Waals surface area contributed by atoms with Crippen LogP contribution in [0.5, 0.6) is 0 Å². The number of nitrogens with one attached hydrogen (secondary N) is 1. The number of carbonyl (C=O) groups is 1. The number of allylic oxidation sites excluding steroid dienone is 13. The number of amides is 1. The largest absolute Gasteiger partial charge is 0.472 e. The molecule has 9 heteroatoms. The average molecular weight is 958 g/mol. The molecule has 8 nitrogen and oxygen atoms in total. The molecular weight excluding hydrogens is 852 g/mol. The summed E-state index contributed by atoms with van der Waals surface area (Å²) >= 11 is 0. The Kier molecular flexibility index (Phi) is 47.0. The van der Waals surface area contributed by atoms with Crippen molar-refractivity contribution in [1.29, 1.82) is 0 Å². The van der Waals surface area contributed by atoms with Crippen LogP contribution in [0.4, 0.5) is 0 Å². The number of quaternary nitrogens is 1. The Morgan fingerprint density at radius 2 is 0.910 bits per heavy atom. The van der Waals surface area contributed by atoms with Crippen LogP contribution in [0, 0.1) is 0 Å². The maximum Gasteiger partial charge on any atom is 0.472 e. The van der Waals surface area contributed by atoms with Gasteiger partial charge in [0.1, 0.15) is 13.2 Å². The maximum absolute atomic E-state index is 13.0. The van der Waals surface area contributed by atoms with Crippen molar-refractivity contribution >= 4 is 13.7 Å². The van der Waals surface area contributed by atoms with E-state index in [4.69, 9.17) is 9.05 Å². The SMILES string of the molecule is CC/C=C\C/C=C\C/C=C\C/C=C\CCCCCCCCCCCCCCCCC(=O)NC(COP(=O)(O)OCC[N+](C)(C)C)C(O)/C=C/CC/C=C/CC/C=C/CCCCCCCCCC. The minimum atomic E-state index is -4.36. The summed E-state index contributed by atoms with van der Waals surface area (Å²) < 4.78 is 23.7. The third-order valence-electron chi connectivity index (χ3n) is 11.8. The number of hydrogen-bond donors (Lipinski definition) is 3. The smallest absolute Gasteiger partial charge is 0.387 e. The topological polar surface area (TPSA) is 105 Å². The third-order valence-corrected chi connectivity index (χ3v) is 12.8. The summed E-state index contributed by atoms with van der Waals surface area (Å²) in [7, 11) is 1.54. The van der Waals surface area contributed by atoms with E-state index in [0.29, 0.717) is 17.4 Å². The minimum Gasteiger partial charge on any atom is -0.387 e. The van der Waals surface area contributed by atoms with Crippen LogP contribution < -0.4 is 5.32 Å². The molecule has 0 aromatic heterocycles. The lowest BCUT2D eigenvalue weighted by Gasteiger charge is -2.25. The number of aliphatic hydroxyl groups is 1. The normalized spacial score (nSPS) is 14.7. The highest BCUT2D eigenvalue weighted by Crippen LogP contribution is 2.43. The van der Waals surface area contributed by atoms with Crippen molar-refractivity contribution in [3.8, 4) is 0 Å². The van der Waals surface area contributed by atoms with E-state index in [0.717, 1.165) is 70.6 Å². The minimum absolute atomic E-state index is 0.0504. The van der Waals surface area contributed by atoms with Crippen LogP contribution in [-0.4, -0.2) is 73.4 Å². The van der Waals surface area contributed by atoms with Gasteiger partial charge in [-0.2, -0.15) is 0 Å². The van der Waals surface area contributed by atoms with Crippen molar-refractivity contribution in [2.24, 2.45) is 0 Å². The van der Waals surface area contributed by atoms with Crippen LogP contribution in [0.3, 0.4) is 0 Å². The number of rotatable bonds is 49. The third kappa shape index (κ3) is 51.4. The number of hydrogen-bond acceptors (Lipinski definition) is 5. The number of likely N-dealkylation sites (N-methyl/N-ethyl adjacent to an activating group) is 1. The van der Waals surface area contributed by atoms with Gasteiger partial charge >= 0.3 is 7.82 Å². The molecule has 0 saturated carbocycles. The molecule has 388 valence electrons. The molecule has 0 saturated heterocycles. The predicted molar refractivity (Wildman–Crippen MR) is 290 cm³/mol. The second-order valence-electron chi connectivity index (χ2n) is 19.6. The summed E-state index contributed by atoms with van der Waals surface area (Å²) in [6, 6.07) is -0.874. The second kappa shape index (κ2) is 48.7. The molecule has 0 fully saturated rings. The van der Waals surface area contributed by atoms with Crippen molar-refractivity contribution < 1.29 is 32.9 Å². The molecule has 3 N–H and O–H groups in total. The summed E-state index contributed by atoms with van der Waals surface area (Å²) in [5, 5.41) is 13.9. The van der Waals surface area contributed by atoms with Crippen molar-refractivity contribution in [3.63, 3.8) is 0 Å². The number of carbonyl (C=O) groups excluding carboxylic acids is 1. The molecule has 3 unspecified atom stereocenters. The van der Waals surface area contributed by atoms with Gasteiger partial charge in [0, 0.05) is 6.42 Å². The van der Waals surface area contributed by atoms with E-state index >= 15 is 0 Å². The van der Waals surface area contributed by atoms with Gasteiger partial charge in [0.15, 0.2) is 0 Å². The molecule has 0 heterocycles. The number of aliphatic hydroxyl groups excluding tert-OH is 1. The molecule has 67 heavy (non-hydrogen) atoms. The zero-order valence-corrected chi connectivity index (χ0v) is 45.0. The maximum atomic E-state index is 13.0. The molecule has 0 bridgehead atoms. The van der Waals surface area contributed by atoms with Crippen molar-refractivity contribution in [2.45, 2.75) is 238 Å². The van der Waals surface area contributed by atoms with Gasteiger partial charge < -0.3 is 19.8 Å². The Morgan fingerprint density at radius 3 is 1.37 bits per heavy atom. The average Bonchev–Trinajstić information content (AvgIpc) is 3.29. The van der Waals surface area contributed by atoms with Crippen LogP contribution in [0.2, 0.25) is 0 Å². The van der Waals surface area contributed by atoms with Crippen LogP contribution in [0.15, 0.2) is 85.1 Å². The highest BCUT2D eigenvalue weighted by molar-refractivity contribution is 7.47. The van der Waals surface area contributed by atoms with E-state index in [2.05, 4.69) is 92.1 Å². The molecule has 0 aliphatic carbocycles. The molecule has 0 radical (unpaired) electrons. The van der Waals surface area contributed by atoms with Crippen LogP contribution in [0.25, 0.3) is 0 Å². The molecule has 0 aromatic carbocycles. The summed E-state index contributed by atoms with van der Waals surface area (Å²) in [6.07, 6.45) is 68.2. The summed E-state index contributed by atoms with van der Waals surface area (Å²) in [4.78, 5) is 23.3. The van der Waals surface area contributed by atoms with Crippen molar-refractivity contribution in [1.82, 2.24) is 5.32 Å². The highest BCUT2D eigenvalue weighted by atomic mass is 31.2. The zero-order valence-electron chi connectivity index (χ0n) is 44.1. The molecular formula is C58H106N2O6P+. The van der Waals surface area contributed by atoms with Gasteiger partial charge in [0.25, 0.3) is 0 Å². The van der Waals surface area contributed by atoms with E-state index < -0.39 is 20.0 Å². The fourth-order valence-corrected chi connectivity index (χ4v) is 8.27. The Morgan fingerprint density at radius 1 is 0.522 bits per heavy atom. The van der Waals surface area contributed by atoms with Gasteiger partial charge in [-0.25, -0.2) is 4.57 Å². The van der Waals surface area contributed by atoms with Crippen molar-refractivity contribution in [2.75, 3.05) is 40.9 Å². The fraction of sp³-hybridized carbons (Fsp3) is 0.741. The zero-order chi connectivity index (χ0) is 49.2. The lowest BCUT2D eigenvalue weighted by Crippen LogP contribution is -2.45. The number of unbranched alkanes of at least 4 members (excludes halogenated alkanes) is 24. The number of phosphoric ester groups is 1. The molecule has 0 aliphatic rings. The highest BCUT2D eigenvalue weighted by Gasteiger charge is 2.27. The molecule has 1 amide bonds. The first kappa shape index (κ1) is 64.7. The second-order valence-corrected chi connectivity index (χ2v) is 21.0. The van der Waals surface area contributed by atoms with E-state index in [-0.39, 0.29) is 19.1 Å². The van der Waals surface area contributed by atoms with Gasteiger partial charge in [-0.05, 0) is 83.5 Å². The van der Waals surface area contributed by atoms with Crippen LogP contribution in [0.1, 0.15) is 226 Å². The van der Waals surface area contributed by atoms with E-state index in [9.17, 15) is 19.4 Å². The Hall–Kier alpha value is -2.32. The van der Waals surface area contributed by atoms with Gasteiger partial charge in [-0.3, -0.25) is 13.8 Å². The molecule has 0 aromatic rings. The van der Waals surface area contributed by atoms with Crippen molar-refractivity contribution in [3.05, 3.63) is 85.1 Å². The summed E-state index contributed by atoms with van der Waals surface area (Å²) in [5.74, 6) is -0.194. The first-order valence-electron chi connectivity index (χ1n) is 27.5. The Bertz CT molecular complexity index is 1360. The van der Waals surface area contributed by atoms with Crippen LogP contribution in [-0.2, 0) is 18.4 Å². The van der Waals surface area contributed by atoms with Gasteiger partial charge in [-0.1, -0.05) is 221 Å². The number of nitrogens with zero attached hydrogens (tertiary/aromatic N) is 1. The molecule has 3 atom stereocenters. The van der Waals surface area contributed by atoms with Gasteiger partial charge in [0.2, 0.25) is 5.91 Å². The first-order chi connectivity index (χ1) is 32.5. The van der Waals surface area contributed by atoms with Gasteiger partial charge in [0.05, 0.1) is 39.9 Å². The standard InChI is InChI=1S/C58H105N2O6P/c1-6-8-10-12-14-16-18-20-22-24-26-27-28-29-30-31-32-33-34-36-38-40-42-44-46-48-50-52-58(62)59-56(55-66-67(63,64)65-54-53-60(3,4)5)57(61)51-49-47-45-43-41-39-37-35-25-23-21-19-17-15-13-11-9-7-2/h8,10,14,16,20,22,25-27,35,41,43,49,51,56-57,61H,6-7,9,11-13,15,17-19,21,23-24,28-34,36-40,42,44-48,50,52-55H2,1-5H3,(H-,59,62,63,64)/p+1/b10-8-,16-14-,22-20-,27-26-,35-25+,43-41+,51-49+. The monoisotopic (exact) mass is 958 g/mol. The van der Waals surface area contributed by atoms with Gasteiger partial charge in [-0.15, -0.1) is 0 Å². The van der Waals surface area contributed by atoms with E-state index in [1.807, 2.05) is 27.2 Å². The molecule has 0 aliphatic heterocycles. The Labute approximate surface area is 414 Å². The molecule has 0 rings (SSSR count). The fourth-order valence-electron chi connectivity index (χ4n) is 7.54. The molecule has 0 spiro atoms. The number of phosphoric acid groups is 1. The summed E-state index contributed by atoms with van der Waals surface area (Å²) in [6.45, 7) is 4.67. The van der Waals surface area contributed by atoms with E-state index in [1.54, 1.807) is 6.08 Å². The Balaban J connectivity index is 4.27. The first-order valence-corrected chi connectivity index (χ1v) is 29.0. The summed E-state index contributed by atoms with van der Waals surface area (Å²) in [5.41, 5.74) is 0. The predicted octanol–water partition coefficient (Wildman–Crippen LogP) is 16.5. The van der Waals surface area contributed by atoms with E-state index in [1.165, 1.54) is 135 Å². The lowest BCUT2D eigenvalue weighted by atomic mass is 10.0. The lowest BCUT2D eigenvalue weighted by molar-refractivity contribution is -0.870.